The van der Waals surface area contributed by atoms with E-state index < -0.39 is 6.10 Å². The summed E-state index contributed by atoms with van der Waals surface area (Å²) < 4.78 is 0. The maximum atomic E-state index is 12.8. The normalized spacial score (nSPS) is 12.7. The van der Waals surface area contributed by atoms with Crippen LogP contribution in [0.2, 0.25) is 0 Å². The minimum absolute atomic E-state index is 0.0666. The van der Waals surface area contributed by atoms with Crippen LogP contribution in [0.3, 0.4) is 0 Å². The van der Waals surface area contributed by atoms with Crippen molar-refractivity contribution in [1.29, 1.82) is 0 Å². The Morgan fingerprint density at radius 1 is 1.00 bits per heavy atom. The molecule has 0 saturated carbocycles. The summed E-state index contributed by atoms with van der Waals surface area (Å²) in [6.45, 7) is 6.20. The zero-order valence-corrected chi connectivity index (χ0v) is 13.4. The van der Waals surface area contributed by atoms with Crippen LogP contribution >= 0.6 is 0 Å². The van der Waals surface area contributed by atoms with Crippen LogP contribution in [-0.4, -0.2) is 28.0 Å². The van der Waals surface area contributed by atoms with E-state index in [1.165, 1.54) is 0 Å². The van der Waals surface area contributed by atoms with Gasteiger partial charge in [0, 0.05) is 11.1 Å². The second-order valence-corrected chi connectivity index (χ2v) is 6.38. The van der Waals surface area contributed by atoms with Crippen molar-refractivity contribution in [2.45, 2.75) is 32.4 Å². The van der Waals surface area contributed by atoms with E-state index in [1.807, 2.05) is 69.3 Å². The molecule has 0 radical (unpaired) electrons. The smallest absolute Gasteiger partial charge is 0.254 e. The molecule has 1 atom stereocenters. The molecule has 1 unspecified atom stereocenters. The van der Waals surface area contributed by atoms with E-state index in [0.717, 1.165) is 5.56 Å². The van der Waals surface area contributed by atoms with Gasteiger partial charge in [-0.25, -0.2) is 0 Å². The number of nitrogens with zero attached hydrogens (tertiary/aromatic N) is 1. The zero-order chi connectivity index (χ0) is 16.2. The molecule has 2 rings (SSSR count). The topological polar surface area (TPSA) is 40.5 Å². The first kappa shape index (κ1) is 16.2. The average molecular weight is 297 g/mol. The van der Waals surface area contributed by atoms with Gasteiger partial charge >= 0.3 is 0 Å². The molecule has 1 N–H and O–H groups in total. The van der Waals surface area contributed by atoms with Crippen molar-refractivity contribution < 1.29 is 9.90 Å². The number of carbonyl (C=O) groups is 1. The fourth-order valence-corrected chi connectivity index (χ4v) is 2.35. The fraction of sp³-hybridized carbons (Fsp3) is 0.316. The summed E-state index contributed by atoms with van der Waals surface area (Å²) in [5.41, 5.74) is 1.08. The first-order valence-corrected chi connectivity index (χ1v) is 7.49. The van der Waals surface area contributed by atoms with Crippen LogP contribution in [0, 0.1) is 0 Å². The molecule has 22 heavy (non-hydrogen) atoms. The van der Waals surface area contributed by atoms with Crippen LogP contribution in [0.15, 0.2) is 60.7 Å². The van der Waals surface area contributed by atoms with E-state index in [1.54, 1.807) is 17.0 Å². The predicted molar refractivity (Wildman–Crippen MR) is 88.6 cm³/mol. The molecular weight excluding hydrogens is 274 g/mol. The second kappa shape index (κ2) is 6.75. The molecule has 116 valence electrons. The van der Waals surface area contributed by atoms with E-state index in [2.05, 4.69) is 0 Å². The number of aliphatic hydroxyl groups excluding tert-OH is 1. The lowest BCUT2D eigenvalue weighted by Gasteiger charge is -2.37. The van der Waals surface area contributed by atoms with Crippen LogP contribution in [0.4, 0.5) is 0 Å². The molecule has 0 aliphatic heterocycles. The summed E-state index contributed by atoms with van der Waals surface area (Å²) in [6, 6.07) is 18.6. The van der Waals surface area contributed by atoms with Crippen molar-refractivity contribution in [3.05, 3.63) is 71.8 Å². The van der Waals surface area contributed by atoms with E-state index in [0.29, 0.717) is 5.56 Å². The van der Waals surface area contributed by atoms with Gasteiger partial charge in [0.15, 0.2) is 0 Å². The number of β-amino-alcohol motifs (C(OH)–C–C–N with tert-alkyl or cyclic N) is 1. The van der Waals surface area contributed by atoms with E-state index in [9.17, 15) is 9.90 Å². The highest BCUT2D eigenvalue weighted by Crippen LogP contribution is 2.22. The third-order valence-electron chi connectivity index (χ3n) is 3.62. The van der Waals surface area contributed by atoms with Gasteiger partial charge < -0.3 is 10.0 Å². The molecule has 0 aliphatic carbocycles. The molecule has 3 heteroatoms. The van der Waals surface area contributed by atoms with Gasteiger partial charge in [-0.15, -0.1) is 0 Å². The molecule has 3 nitrogen and oxygen atoms in total. The van der Waals surface area contributed by atoms with Crippen molar-refractivity contribution >= 4 is 5.91 Å². The first-order valence-electron chi connectivity index (χ1n) is 7.49. The lowest BCUT2D eigenvalue weighted by molar-refractivity contribution is 0.0382. The van der Waals surface area contributed by atoms with Crippen molar-refractivity contribution in [2.75, 3.05) is 6.54 Å². The number of benzene rings is 2. The molecule has 0 bridgehead atoms. The van der Waals surface area contributed by atoms with E-state index in [4.69, 9.17) is 0 Å². The Hall–Kier alpha value is -2.13. The van der Waals surface area contributed by atoms with Crippen LogP contribution < -0.4 is 0 Å². The average Bonchev–Trinajstić information content (AvgIpc) is 2.52. The summed E-state index contributed by atoms with van der Waals surface area (Å²) in [7, 11) is 0. The number of carbonyl (C=O) groups excluding carboxylic acids is 1. The highest BCUT2D eigenvalue weighted by Gasteiger charge is 2.29. The largest absolute Gasteiger partial charge is 0.387 e. The molecule has 1 amide bonds. The van der Waals surface area contributed by atoms with Crippen molar-refractivity contribution in [3.8, 4) is 0 Å². The SMILES string of the molecule is CC(C)(C)N(CC(O)c1ccccc1)C(=O)c1ccccc1. The molecule has 2 aromatic rings. The summed E-state index contributed by atoms with van der Waals surface area (Å²) >= 11 is 0. The van der Waals surface area contributed by atoms with Gasteiger partial charge in [0.1, 0.15) is 0 Å². The Balaban J connectivity index is 2.23. The quantitative estimate of drug-likeness (QED) is 0.935. The summed E-state index contributed by atoms with van der Waals surface area (Å²) in [5, 5.41) is 10.5. The molecule has 2 aromatic carbocycles. The number of hydrogen-bond donors (Lipinski definition) is 1. The van der Waals surface area contributed by atoms with Gasteiger partial charge in [0.25, 0.3) is 5.91 Å². The minimum Gasteiger partial charge on any atom is -0.387 e. The summed E-state index contributed by atoms with van der Waals surface area (Å²) in [4.78, 5) is 14.5. The van der Waals surface area contributed by atoms with Gasteiger partial charge in [-0.3, -0.25) is 4.79 Å². The summed E-state index contributed by atoms with van der Waals surface area (Å²) in [6.07, 6.45) is -0.701. The number of amides is 1. The van der Waals surface area contributed by atoms with Gasteiger partial charge in [-0.1, -0.05) is 48.5 Å². The third-order valence-corrected chi connectivity index (χ3v) is 3.62. The van der Waals surface area contributed by atoms with Crippen LogP contribution in [-0.2, 0) is 0 Å². The monoisotopic (exact) mass is 297 g/mol. The Labute approximate surface area is 132 Å². The Morgan fingerprint density at radius 2 is 1.50 bits per heavy atom. The van der Waals surface area contributed by atoms with Crippen molar-refractivity contribution in [1.82, 2.24) is 4.90 Å². The Bertz CT molecular complexity index is 602. The predicted octanol–water partition coefficient (Wildman–Crippen LogP) is 3.66. The maximum Gasteiger partial charge on any atom is 0.254 e. The number of rotatable bonds is 4. The maximum absolute atomic E-state index is 12.8. The molecule has 0 fully saturated rings. The Morgan fingerprint density at radius 3 is 2.00 bits per heavy atom. The minimum atomic E-state index is -0.701. The van der Waals surface area contributed by atoms with Crippen LogP contribution in [0.25, 0.3) is 0 Å². The lowest BCUT2D eigenvalue weighted by atomic mass is 10.0. The highest BCUT2D eigenvalue weighted by atomic mass is 16.3. The van der Waals surface area contributed by atoms with E-state index >= 15 is 0 Å². The van der Waals surface area contributed by atoms with Crippen molar-refractivity contribution in [2.24, 2.45) is 0 Å². The van der Waals surface area contributed by atoms with E-state index in [-0.39, 0.29) is 18.0 Å². The summed E-state index contributed by atoms with van der Waals surface area (Å²) in [5.74, 6) is -0.0666. The standard InChI is InChI=1S/C19H23NO2/c1-19(2,3)20(18(22)16-12-8-5-9-13-16)14-17(21)15-10-6-4-7-11-15/h4-13,17,21H,14H2,1-3H3. The van der Waals surface area contributed by atoms with Gasteiger partial charge in [-0.05, 0) is 38.5 Å². The van der Waals surface area contributed by atoms with Gasteiger partial charge in [-0.2, -0.15) is 0 Å². The molecule has 0 aromatic heterocycles. The van der Waals surface area contributed by atoms with Gasteiger partial charge in [0.05, 0.1) is 12.6 Å². The lowest BCUT2D eigenvalue weighted by Crippen LogP contribution is -2.47. The molecule has 0 saturated heterocycles. The number of aliphatic hydroxyl groups is 1. The van der Waals surface area contributed by atoms with Gasteiger partial charge in [0.2, 0.25) is 0 Å². The zero-order valence-electron chi connectivity index (χ0n) is 13.4. The second-order valence-electron chi connectivity index (χ2n) is 6.38. The highest BCUT2D eigenvalue weighted by molar-refractivity contribution is 5.94. The molecular formula is C19H23NO2. The fourth-order valence-electron chi connectivity index (χ4n) is 2.35. The Kier molecular flexibility index (Phi) is 4.99. The van der Waals surface area contributed by atoms with Crippen LogP contribution in [0.5, 0.6) is 0 Å². The third kappa shape index (κ3) is 3.95. The molecule has 0 heterocycles. The number of hydrogen-bond acceptors (Lipinski definition) is 2. The van der Waals surface area contributed by atoms with Crippen molar-refractivity contribution in [3.63, 3.8) is 0 Å². The van der Waals surface area contributed by atoms with Crippen LogP contribution in [0.1, 0.15) is 42.8 Å². The molecule has 0 aliphatic rings. The molecule has 0 spiro atoms. The first-order chi connectivity index (χ1) is 10.4.